The summed E-state index contributed by atoms with van der Waals surface area (Å²) in [6, 6.07) is 0.747. The van der Waals surface area contributed by atoms with Crippen molar-refractivity contribution in [1.29, 1.82) is 0 Å². The van der Waals surface area contributed by atoms with Crippen LogP contribution in [0, 0.1) is 0 Å². The number of rotatable bonds is 6. The van der Waals surface area contributed by atoms with Gasteiger partial charge in [0.2, 0.25) is 0 Å². The van der Waals surface area contributed by atoms with Crippen molar-refractivity contribution in [3.05, 3.63) is 0 Å². The number of nitrogens with one attached hydrogen (secondary N) is 1. The molecule has 1 heterocycles. The Kier molecular flexibility index (Phi) is 5.45. The molecule has 0 aromatic rings. The Morgan fingerprint density at radius 3 is 2.86 bits per heavy atom. The minimum absolute atomic E-state index is 0.747. The normalized spacial score (nSPS) is 23.6. The zero-order chi connectivity index (χ0) is 10.4. The monoisotopic (exact) mass is 199 g/mol. The number of likely N-dealkylation sites (tertiary alicyclic amines) is 1. The van der Waals surface area contributed by atoms with Crippen LogP contribution in [0.3, 0.4) is 0 Å². The summed E-state index contributed by atoms with van der Waals surface area (Å²) in [7, 11) is 4.28. The molecular weight excluding hydrogens is 174 g/mol. The zero-order valence-electron chi connectivity index (χ0n) is 9.92. The second-order valence-electron chi connectivity index (χ2n) is 4.54. The lowest BCUT2D eigenvalue weighted by Crippen LogP contribution is -2.35. The van der Waals surface area contributed by atoms with Crippen LogP contribution in [0.5, 0.6) is 0 Å². The van der Waals surface area contributed by atoms with Crippen molar-refractivity contribution in [3.8, 4) is 0 Å². The van der Waals surface area contributed by atoms with Gasteiger partial charge in [0.05, 0.1) is 0 Å². The summed E-state index contributed by atoms with van der Waals surface area (Å²) in [4.78, 5) is 4.82. The molecule has 0 aliphatic carbocycles. The maximum atomic E-state index is 3.59. The Balaban J connectivity index is 2.08. The van der Waals surface area contributed by atoms with Gasteiger partial charge < -0.3 is 15.1 Å². The Hall–Kier alpha value is -0.120. The highest BCUT2D eigenvalue weighted by Crippen LogP contribution is 2.08. The average Bonchev–Trinajstić information content (AvgIpc) is 2.59. The molecule has 1 saturated heterocycles. The zero-order valence-corrected chi connectivity index (χ0v) is 9.92. The molecule has 0 bridgehead atoms. The summed E-state index contributed by atoms with van der Waals surface area (Å²) in [6.07, 6.45) is 2.57. The summed E-state index contributed by atoms with van der Waals surface area (Å²) in [5.74, 6) is 0. The molecule has 0 aromatic heterocycles. The predicted molar refractivity (Wildman–Crippen MR) is 61.7 cm³/mol. The van der Waals surface area contributed by atoms with Crippen LogP contribution in [0.15, 0.2) is 0 Å². The van der Waals surface area contributed by atoms with Gasteiger partial charge in [-0.05, 0) is 40.0 Å². The van der Waals surface area contributed by atoms with Gasteiger partial charge in [-0.15, -0.1) is 0 Å². The van der Waals surface area contributed by atoms with E-state index in [-0.39, 0.29) is 0 Å². The highest BCUT2D eigenvalue weighted by molar-refractivity contribution is 4.80. The van der Waals surface area contributed by atoms with E-state index in [1.54, 1.807) is 0 Å². The number of hydrogen-bond acceptors (Lipinski definition) is 3. The largest absolute Gasteiger partial charge is 0.313 e. The second kappa shape index (κ2) is 6.38. The van der Waals surface area contributed by atoms with Gasteiger partial charge in [-0.2, -0.15) is 0 Å². The standard InChI is InChI=1S/C11H25N3/c1-4-6-12-11-5-7-14(10-11)9-8-13(2)3/h11-12H,4-10H2,1-3H3. The van der Waals surface area contributed by atoms with Gasteiger partial charge in [0.15, 0.2) is 0 Å². The fourth-order valence-electron chi connectivity index (χ4n) is 1.89. The summed E-state index contributed by atoms with van der Waals surface area (Å²) in [5.41, 5.74) is 0. The quantitative estimate of drug-likeness (QED) is 0.676. The van der Waals surface area contributed by atoms with E-state index < -0.39 is 0 Å². The molecule has 14 heavy (non-hydrogen) atoms. The van der Waals surface area contributed by atoms with Crippen LogP contribution in [0.1, 0.15) is 19.8 Å². The lowest BCUT2D eigenvalue weighted by Gasteiger charge is -2.18. The van der Waals surface area contributed by atoms with Gasteiger partial charge in [0, 0.05) is 25.7 Å². The van der Waals surface area contributed by atoms with Crippen molar-refractivity contribution in [2.75, 3.05) is 46.8 Å². The molecule has 0 saturated carbocycles. The molecule has 84 valence electrons. The van der Waals surface area contributed by atoms with E-state index in [2.05, 4.69) is 36.1 Å². The van der Waals surface area contributed by atoms with E-state index >= 15 is 0 Å². The Bertz CT molecular complexity index is 147. The molecule has 1 rings (SSSR count). The molecule has 0 spiro atoms. The molecule has 1 atom stereocenters. The molecule has 1 aliphatic heterocycles. The minimum Gasteiger partial charge on any atom is -0.313 e. The van der Waals surface area contributed by atoms with E-state index in [0.29, 0.717) is 0 Å². The first-order valence-electron chi connectivity index (χ1n) is 5.83. The van der Waals surface area contributed by atoms with E-state index in [9.17, 15) is 0 Å². The highest BCUT2D eigenvalue weighted by Gasteiger charge is 2.20. The van der Waals surface area contributed by atoms with Crippen molar-refractivity contribution >= 4 is 0 Å². The van der Waals surface area contributed by atoms with Gasteiger partial charge >= 0.3 is 0 Å². The van der Waals surface area contributed by atoms with Crippen molar-refractivity contribution in [2.24, 2.45) is 0 Å². The van der Waals surface area contributed by atoms with Crippen molar-refractivity contribution < 1.29 is 0 Å². The first kappa shape index (κ1) is 12.0. The smallest absolute Gasteiger partial charge is 0.0207 e. The summed E-state index contributed by atoms with van der Waals surface area (Å²) >= 11 is 0. The third-order valence-electron chi connectivity index (χ3n) is 2.82. The Morgan fingerprint density at radius 1 is 1.43 bits per heavy atom. The fraction of sp³-hybridized carbons (Fsp3) is 1.00. The van der Waals surface area contributed by atoms with Crippen LogP contribution >= 0.6 is 0 Å². The van der Waals surface area contributed by atoms with Crippen LogP contribution < -0.4 is 5.32 Å². The van der Waals surface area contributed by atoms with E-state index in [0.717, 1.165) is 6.04 Å². The first-order chi connectivity index (χ1) is 6.72. The molecule has 0 aromatic carbocycles. The van der Waals surface area contributed by atoms with Crippen molar-refractivity contribution in [1.82, 2.24) is 15.1 Å². The molecule has 1 N–H and O–H groups in total. The third kappa shape index (κ3) is 4.40. The van der Waals surface area contributed by atoms with E-state index in [1.165, 1.54) is 45.6 Å². The van der Waals surface area contributed by atoms with E-state index in [1.807, 2.05) is 0 Å². The summed E-state index contributed by atoms with van der Waals surface area (Å²) < 4.78 is 0. The lowest BCUT2D eigenvalue weighted by molar-refractivity contribution is 0.278. The van der Waals surface area contributed by atoms with Crippen LogP contribution in [0.25, 0.3) is 0 Å². The fourth-order valence-corrected chi connectivity index (χ4v) is 1.89. The second-order valence-corrected chi connectivity index (χ2v) is 4.54. The van der Waals surface area contributed by atoms with Gasteiger partial charge in [-0.1, -0.05) is 6.92 Å². The topological polar surface area (TPSA) is 18.5 Å². The molecule has 3 heteroatoms. The number of hydrogen-bond donors (Lipinski definition) is 1. The molecule has 0 radical (unpaired) electrons. The lowest BCUT2D eigenvalue weighted by atomic mass is 10.2. The van der Waals surface area contributed by atoms with Gasteiger partial charge in [0.1, 0.15) is 0 Å². The van der Waals surface area contributed by atoms with Gasteiger partial charge in [-0.25, -0.2) is 0 Å². The SMILES string of the molecule is CCCNC1CCN(CCN(C)C)C1. The summed E-state index contributed by atoms with van der Waals surface area (Å²) in [5, 5.41) is 3.59. The molecule has 0 amide bonds. The van der Waals surface area contributed by atoms with Gasteiger partial charge in [-0.3, -0.25) is 0 Å². The Morgan fingerprint density at radius 2 is 2.21 bits per heavy atom. The van der Waals surface area contributed by atoms with Gasteiger partial charge in [0.25, 0.3) is 0 Å². The number of nitrogens with zero attached hydrogens (tertiary/aromatic N) is 2. The molecular formula is C11H25N3. The third-order valence-corrected chi connectivity index (χ3v) is 2.82. The molecule has 3 nitrogen and oxygen atoms in total. The van der Waals surface area contributed by atoms with Crippen LogP contribution in [0.2, 0.25) is 0 Å². The maximum Gasteiger partial charge on any atom is 0.0207 e. The average molecular weight is 199 g/mol. The molecule has 1 fully saturated rings. The molecule has 1 aliphatic rings. The molecule has 1 unspecified atom stereocenters. The van der Waals surface area contributed by atoms with Crippen molar-refractivity contribution in [2.45, 2.75) is 25.8 Å². The highest BCUT2D eigenvalue weighted by atomic mass is 15.2. The predicted octanol–water partition coefficient (Wildman–Crippen LogP) is 0.622. The van der Waals surface area contributed by atoms with E-state index in [4.69, 9.17) is 0 Å². The van der Waals surface area contributed by atoms with Crippen LogP contribution in [-0.2, 0) is 0 Å². The summed E-state index contributed by atoms with van der Waals surface area (Å²) in [6.45, 7) is 8.32. The maximum absolute atomic E-state index is 3.59. The van der Waals surface area contributed by atoms with Crippen molar-refractivity contribution in [3.63, 3.8) is 0 Å². The minimum atomic E-state index is 0.747. The number of likely N-dealkylation sites (N-methyl/N-ethyl adjacent to an activating group) is 1. The Labute approximate surface area is 88.5 Å². The van der Waals surface area contributed by atoms with Crippen LogP contribution in [0.4, 0.5) is 0 Å². The van der Waals surface area contributed by atoms with Crippen LogP contribution in [-0.4, -0.2) is 62.7 Å². The first-order valence-corrected chi connectivity index (χ1v) is 5.83.